The largest absolute Gasteiger partial charge is 0.458 e. The molecular formula is C16H23N3O3. The smallest absolute Gasteiger partial charge is 0.307 e. The average Bonchev–Trinajstić information content (AvgIpc) is 3.17. The van der Waals surface area contributed by atoms with Crippen LogP contribution < -0.4 is 5.32 Å². The van der Waals surface area contributed by atoms with E-state index in [4.69, 9.17) is 4.74 Å². The molecule has 1 amide bonds. The molecule has 1 saturated carbocycles. The molecule has 6 nitrogen and oxygen atoms in total. The van der Waals surface area contributed by atoms with Crippen LogP contribution in [0.4, 0.5) is 0 Å². The zero-order valence-corrected chi connectivity index (χ0v) is 13.2. The Balaban J connectivity index is 1.66. The summed E-state index contributed by atoms with van der Waals surface area (Å²) >= 11 is 0. The lowest BCUT2D eigenvalue weighted by molar-refractivity contribution is -0.150. The Morgan fingerprint density at radius 2 is 2.23 bits per heavy atom. The van der Waals surface area contributed by atoms with Gasteiger partial charge in [0.15, 0.2) is 0 Å². The Hall–Kier alpha value is -1.85. The molecule has 1 N–H and O–H groups in total. The molecule has 1 atom stereocenters. The van der Waals surface area contributed by atoms with Crippen molar-refractivity contribution in [1.29, 1.82) is 0 Å². The molecule has 0 radical (unpaired) electrons. The fourth-order valence-corrected chi connectivity index (χ4v) is 3.69. The summed E-state index contributed by atoms with van der Waals surface area (Å²) in [5.74, 6) is 0.135. The van der Waals surface area contributed by atoms with Crippen LogP contribution in [0.2, 0.25) is 0 Å². The van der Waals surface area contributed by atoms with Gasteiger partial charge in [0.05, 0.1) is 18.9 Å². The number of esters is 1. The van der Waals surface area contributed by atoms with Crippen molar-refractivity contribution in [3.8, 4) is 0 Å². The van der Waals surface area contributed by atoms with E-state index in [9.17, 15) is 9.59 Å². The molecule has 1 aromatic heterocycles. The highest BCUT2D eigenvalue weighted by Crippen LogP contribution is 2.45. The second kappa shape index (κ2) is 5.74. The Bertz CT molecular complexity index is 573. The molecule has 120 valence electrons. The normalized spacial score (nSPS) is 23.2. The lowest BCUT2D eigenvalue weighted by Gasteiger charge is -2.27. The van der Waals surface area contributed by atoms with Crippen molar-refractivity contribution in [2.24, 2.45) is 5.92 Å². The molecule has 1 aliphatic carbocycles. The van der Waals surface area contributed by atoms with Crippen LogP contribution in [0.25, 0.3) is 0 Å². The minimum absolute atomic E-state index is 0.0916. The number of amides is 1. The Labute approximate surface area is 130 Å². The van der Waals surface area contributed by atoms with Crippen LogP contribution in [-0.2, 0) is 20.9 Å². The topological polar surface area (TPSA) is 73.2 Å². The summed E-state index contributed by atoms with van der Waals surface area (Å²) in [5.41, 5.74) is -0.547. The molecule has 0 bridgehead atoms. The molecule has 1 saturated heterocycles. The van der Waals surface area contributed by atoms with E-state index in [1.54, 1.807) is 6.20 Å². The number of hydrogen-bond donors (Lipinski definition) is 1. The zero-order valence-electron chi connectivity index (χ0n) is 13.2. The van der Waals surface area contributed by atoms with Crippen LogP contribution in [0, 0.1) is 5.92 Å². The van der Waals surface area contributed by atoms with Gasteiger partial charge in [-0.25, -0.2) is 4.98 Å². The van der Waals surface area contributed by atoms with Crippen LogP contribution >= 0.6 is 0 Å². The van der Waals surface area contributed by atoms with Gasteiger partial charge in [0.25, 0.3) is 0 Å². The zero-order chi connectivity index (χ0) is 15.7. The number of imidazole rings is 1. The average molecular weight is 305 g/mol. The third-order valence-corrected chi connectivity index (χ3v) is 4.82. The Morgan fingerprint density at radius 3 is 2.91 bits per heavy atom. The molecule has 0 aromatic carbocycles. The molecule has 1 aromatic rings. The molecular weight excluding hydrogens is 282 g/mol. The lowest BCUT2D eigenvalue weighted by atomic mass is 9.85. The van der Waals surface area contributed by atoms with Crippen LogP contribution in [0.15, 0.2) is 12.4 Å². The van der Waals surface area contributed by atoms with Gasteiger partial charge in [0, 0.05) is 18.4 Å². The summed E-state index contributed by atoms with van der Waals surface area (Å²) in [6.07, 6.45) is 7.50. The predicted octanol–water partition coefficient (Wildman–Crippen LogP) is 1.96. The molecule has 22 heavy (non-hydrogen) atoms. The highest BCUT2D eigenvalue weighted by molar-refractivity contribution is 5.87. The van der Waals surface area contributed by atoms with E-state index in [1.165, 1.54) is 0 Å². The third kappa shape index (κ3) is 2.62. The van der Waals surface area contributed by atoms with Gasteiger partial charge in [-0.15, -0.1) is 0 Å². The van der Waals surface area contributed by atoms with E-state index in [2.05, 4.69) is 24.1 Å². The molecule has 2 heterocycles. The van der Waals surface area contributed by atoms with Gasteiger partial charge in [-0.2, -0.15) is 0 Å². The first-order chi connectivity index (χ1) is 10.5. The van der Waals surface area contributed by atoms with Gasteiger partial charge in [0.2, 0.25) is 5.91 Å². The highest BCUT2D eigenvalue weighted by Gasteiger charge is 2.53. The molecule has 3 rings (SSSR count). The number of hydrogen-bond acceptors (Lipinski definition) is 4. The van der Waals surface area contributed by atoms with E-state index in [-0.39, 0.29) is 24.2 Å². The van der Waals surface area contributed by atoms with Gasteiger partial charge in [-0.05, 0) is 39.5 Å². The number of nitrogens with zero attached hydrogens (tertiary/aromatic N) is 2. The van der Waals surface area contributed by atoms with E-state index in [1.807, 2.05) is 10.8 Å². The van der Waals surface area contributed by atoms with Gasteiger partial charge in [0.1, 0.15) is 11.4 Å². The van der Waals surface area contributed by atoms with Crippen LogP contribution in [0.3, 0.4) is 0 Å². The van der Waals surface area contributed by atoms with Crippen molar-refractivity contribution in [3.63, 3.8) is 0 Å². The van der Waals surface area contributed by atoms with Gasteiger partial charge in [-0.3, -0.25) is 9.59 Å². The van der Waals surface area contributed by atoms with Crippen molar-refractivity contribution in [3.05, 3.63) is 18.2 Å². The summed E-state index contributed by atoms with van der Waals surface area (Å²) in [6.45, 7) is 4.53. The summed E-state index contributed by atoms with van der Waals surface area (Å²) in [7, 11) is 0. The molecule has 1 spiro atoms. The second-order valence-electron chi connectivity index (χ2n) is 6.56. The van der Waals surface area contributed by atoms with Crippen molar-refractivity contribution in [1.82, 2.24) is 14.9 Å². The number of rotatable bonds is 4. The number of carbonyl (C=O) groups is 2. The number of ether oxygens (including phenoxy) is 1. The first-order valence-corrected chi connectivity index (χ1v) is 8.03. The molecule has 2 fully saturated rings. The van der Waals surface area contributed by atoms with Crippen LogP contribution in [0.1, 0.15) is 57.8 Å². The number of aromatic nitrogens is 2. The highest BCUT2D eigenvalue weighted by atomic mass is 16.6. The summed E-state index contributed by atoms with van der Waals surface area (Å²) in [6, 6.07) is 0.298. The number of nitrogens with one attached hydrogen (secondary N) is 1. The van der Waals surface area contributed by atoms with E-state index in [0.29, 0.717) is 12.6 Å². The van der Waals surface area contributed by atoms with E-state index in [0.717, 1.165) is 31.5 Å². The Kier molecular flexibility index (Phi) is 3.93. The fourth-order valence-electron chi connectivity index (χ4n) is 3.69. The van der Waals surface area contributed by atoms with Crippen LogP contribution in [-0.4, -0.2) is 27.0 Å². The molecule has 1 aliphatic heterocycles. The number of carbonyl (C=O) groups excluding carboxylic acids is 2. The van der Waals surface area contributed by atoms with E-state index < -0.39 is 5.60 Å². The van der Waals surface area contributed by atoms with Gasteiger partial charge < -0.3 is 14.6 Å². The quantitative estimate of drug-likeness (QED) is 0.863. The maximum absolute atomic E-state index is 12.5. The predicted molar refractivity (Wildman–Crippen MR) is 79.9 cm³/mol. The first kappa shape index (κ1) is 15.1. The van der Waals surface area contributed by atoms with E-state index >= 15 is 0 Å². The Morgan fingerprint density at radius 1 is 1.50 bits per heavy atom. The van der Waals surface area contributed by atoms with Crippen molar-refractivity contribution in [2.75, 3.05) is 0 Å². The standard InChI is InChI=1S/C16H23N3O3/c1-11(2)19-8-7-17-13(19)10-18-15(21)12-9-14(20)22-16(12)5-3-4-6-16/h7-8,11-12H,3-6,9-10H2,1-2H3,(H,18,21)/t12-/m1/s1. The lowest BCUT2D eigenvalue weighted by Crippen LogP contribution is -2.42. The van der Waals surface area contributed by atoms with Crippen molar-refractivity contribution < 1.29 is 14.3 Å². The SMILES string of the molecule is CC(C)n1ccnc1CNC(=O)[C@H]1CC(=O)OC12CCCC2. The minimum Gasteiger partial charge on any atom is -0.458 e. The summed E-state index contributed by atoms with van der Waals surface area (Å²) in [4.78, 5) is 28.5. The molecule has 2 aliphatic rings. The maximum atomic E-state index is 12.5. The van der Waals surface area contributed by atoms with Gasteiger partial charge >= 0.3 is 5.97 Å². The summed E-state index contributed by atoms with van der Waals surface area (Å²) in [5, 5.41) is 2.94. The molecule has 0 unspecified atom stereocenters. The maximum Gasteiger partial charge on any atom is 0.307 e. The fraction of sp³-hybridized carbons (Fsp3) is 0.688. The first-order valence-electron chi connectivity index (χ1n) is 8.03. The minimum atomic E-state index is -0.547. The monoisotopic (exact) mass is 305 g/mol. The van der Waals surface area contributed by atoms with Gasteiger partial charge in [-0.1, -0.05) is 0 Å². The van der Waals surface area contributed by atoms with Crippen LogP contribution in [0.5, 0.6) is 0 Å². The second-order valence-corrected chi connectivity index (χ2v) is 6.56. The van der Waals surface area contributed by atoms with Crippen molar-refractivity contribution in [2.45, 2.75) is 64.1 Å². The summed E-state index contributed by atoms with van der Waals surface area (Å²) < 4.78 is 7.55. The van der Waals surface area contributed by atoms with Crippen molar-refractivity contribution >= 4 is 11.9 Å². The third-order valence-electron chi connectivity index (χ3n) is 4.82. The molecule has 6 heteroatoms.